The van der Waals surface area contributed by atoms with E-state index in [0.29, 0.717) is 50.7 Å². The average Bonchev–Trinajstić information content (AvgIpc) is 3.59. The molecule has 0 aliphatic carbocycles. The molecule has 310 valence electrons. The first-order chi connectivity index (χ1) is 28.2. The molecule has 3 aliphatic rings. The fourth-order valence-electron chi connectivity index (χ4n) is 9.07. The molecule has 59 heavy (non-hydrogen) atoms. The second-order valence-electron chi connectivity index (χ2n) is 16.7. The summed E-state index contributed by atoms with van der Waals surface area (Å²) in [5.41, 5.74) is 0.811. The molecule has 7 rings (SSSR count). The van der Waals surface area contributed by atoms with Crippen LogP contribution in [0.2, 0.25) is 5.04 Å². The molecule has 2 saturated heterocycles. The van der Waals surface area contributed by atoms with Gasteiger partial charge in [-0.1, -0.05) is 100 Å². The molecule has 14 heteroatoms. The molecule has 4 heterocycles. The van der Waals surface area contributed by atoms with E-state index >= 15 is 0 Å². The lowest BCUT2D eigenvalue weighted by Gasteiger charge is -2.44. The van der Waals surface area contributed by atoms with Gasteiger partial charge in [0.25, 0.3) is 8.32 Å². The van der Waals surface area contributed by atoms with E-state index in [1.165, 1.54) is 28.6 Å². The number of nitriles is 1. The van der Waals surface area contributed by atoms with Gasteiger partial charge >= 0.3 is 12.2 Å². The Bertz CT molecular complexity index is 2120. The van der Waals surface area contributed by atoms with Crippen LogP contribution in [0.1, 0.15) is 50.4 Å². The van der Waals surface area contributed by atoms with Gasteiger partial charge in [-0.25, -0.2) is 0 Å². The number of para-hydroxylation sites is 1. The van der Waals surface area contributed by atoms with Crippen molar-refractivity contribution in [2.45, 2.75) is 76.0 Å². The Morgan fingerprint density at radius 1 is 0.915 bits per heavy atom. The SMILES string of the molecule is C=CC(=O)N1CCN(c2nc(OC[C@@H]3C[C@@H](O[Si](c4ccccc4)(c4ccccc4)C(C)(C)C)CN3C)nc3c2CCN(c2ccccc2C(F)(F)F)C3)CC1CC#N. The molecule has 1 aromatic heterocycles. The van der Waals surface area contributed by atoms with E-state index in [0.717, 1.165) is 18.1 Å². The third-order valence-corrected chi connectivity index (χ3v) is 17.0. The van der Waals surface area contributed by atoms with Gasteiger partial charge in [-0.15, -0.1) is 0 Å². The monoisotopic (exact) mass is 823 g/mol. The number of carbonyl (C=O) groups excluding carboxylic acids is 1. The number of fused-ring (bicyclic) bond motifs is 1. The molecule has 3 aliphatic heterocycles. The lowest BCUT2D eigenvalue weighted by molar-refractivity contribution is -0.137. The topological polar surface area (TPSA) is 98.1 Å². The van der Waals surface area contributed by atoms with Crippen molar-refractivity contribution in [3.05, 3.63) is 114 Å². The summed E-state index contributed by atoms with van der Waals surface area (Å²) in [6.07, 6.45) is -2.09. The van der Waals surface area contributed by atoms with Crippen molar-refractivity contribution in [2.75, 3.05) is 56.2 Å². The van der Waals surface area contributed by atoms with Crippen molar-refractivity contribution < 1.29 is 27.1 Å². The molecule has 3 atom stereocenters. The predicted molar refractivity (Wildman–Crippen MR) is 225 cm³/mol. The maximum atomic E-state index is 14.2. The second-order valence-corrected chi connectivity index (χ2v) is 20.9. The van der Waals surface area contributed by atoms with Crippen molar-refractivity contribution >= 4 is 36.1 Å². The number of halogens is 3. The molecule has 0 spiro atoms. The van der Waals surface area contributed by atoms with Crippen LogP contribution in [0.5, 0.6) is 6.01 Å². The van der Waals surface area contributed by atoms with E-state index in [9.17, 15) is 23.2 Å². The maximum Gasteiger partial charge on any atom is 0.418 e. The zero-order chi connectivity index (χ0) is 42.0. The van der Waals surface area contributed by atoms with Crippen LogP contribution in [-0.4, -0.2) is 98.6 Å². The number of anilines is 2. The van der Waals surface area contributed by atoms with Gasteiger partial charge in [0, 0.05) is 50.0 Å². The zero-order valence-corrected chi connectivity index (χ0v) is 35.2. The highest BCUT2D eigenvalue weighted by molar-refractivity contribution is 6.99. The van der Waals surface area contributed by atoms with Crippen LogP contribution in [0.25, 0.3) is 0 Å². The molecule has 4 aromatic rings. The average molecular weight is 824 g/mol. The highest BCUT2D eigenvalue weighted by Crippen LogP contribution is 2.41. The Labute approximate surface area is 346 Å². The van der Waals surface area contributed by atoms with Gasteiger partial charge in [0.05, 0.1) is 42.4 Å². The number of hydrogen-bond donors (Lipinski definition) is 0. The number of piperazine rings is 1. The summed E-state index contributed by atoms with van der Waals surface area (Å²) in [5, 5.41) is 11.9. The number of aromatic nitrogens is 2. The number of carbonyl (C=O) groups is 1. The Kier molecular flexibility index (Phi) is 12.2. The minimum atomic E-state index is -4.52. The molecule has 1 amide bonds. The summed E-state index contributed by atoms with van der Waals surface area (Å²) in [5.74, 6) is 0.380. The first-order valence-electron chi connectivity index (χ1n) is 20.2. The number of alkyl halides is 3. The van der Waals surface area contributed by atoms with Crippen LogP contribution in [0.4, 0.5) is 24.7 Å². The van der Waals surface area contributed by atoms with Crippen molar-refractivity contribution in [3.8, 4) is 12.1 Å². The van der Waals surface area contributed by atoms with E-state index in [1.54, 1.807) is 15.9 Å². The van der Waals surface area contributed by atoms with Crippen LogP contribution < -0.4 is 24.9 Å². The molecule has 0 N–H and O–H groups in total. The highest BCUT2D eigenvalue weighted by atomic mass is 28.4. The molecule has 0 saturated carbocycles. The molecular formula is C45H52F3N7O3Si. The second kappa shape index (κ2) is 17.2. The van der Waals surface area contributed by atoms with Crippen LogP contribution >= 0.6 is 0 Å². The van der Waals surface area contributed by atoms with E-state index in [4.69, 9.17) is 19.1 Å². The van der Waals surface area contributed by atoms with Crippen molar-refractivity contribution in [2.24, 2.45) is 0 Å². The maximum absolute atomic E-state index is 14.2. The lowest BCUT2D eigenvalue weighted by atomic mass is 10.0. The van der Waals surface area contributed by atoms with Crippen LogP contribution in [-0.2, 0) is 28.4 Å². The molecule has 0 radical (unpaired) electrons. The molecule has 0 bridgehead atoms. The normalized spacial score (nSPS) is 20.2. The fraction of sp³-hybridized carbons (Fsp3) is 0.422. The zero-order valence-electron chi connectivity index (χ0n) is 34.2. The third kappa shape index (κ3) is 8.60. The van der Waals surface area contributed by atoms with Crippen LogP contribution in [0, 0.1) is 11.3 Å². The minimum absolute atomic E-state index is 0.0232. The summed E-state index contributed by atoms with van der Waals surface area (Å²) >= 11 is 0. The van der Waals surface area contributed by atoms with E-state index < -0.39 is 26.1 Å². The summed E-state index contributed by atoms with van der Waals surface area (Å²) in [7, 11) is -0.737. The quantitative estimate of drug-likeness (QED) is 0.129. The third-order valence-electron chi connectivity index (χ3n) is 12.0. The molecule has 10 nitrogen and oxygen atoms in total. The molecular weight excluding hydrogens is 772 g/mol. The number of amides is 1. The first-order valence-corrected chi connectivity index (χ1v) is 22.1. The van der Waals surface area contributed by atoms with E-state index in [-0.39, 0.29) is 54.4 Å². The van der Waals surface area contributed by atoms with Gasteiger partial charge < -0.3 is 23.9 Å². The van der Waals surface area contributed by atoms with Gasteiger partial charge in [0.2, 0.25) is 5.91 Å². The number of benzene rings is 3. The first kappa shape index (κ1) is 41.9. The Morgan fingerprint density at radius 2 is 1.58 bits per heavy atom. The minimum Gasteiger partial charge on any atom is -0.462 e. The lowest BCUT2D eigenvalue weighted by Crippen LogP contribution is -2.67. The number of likely N-dealkylation sites (tertiary alicyclic amines) is 1. The number of rotatable bonds is 11. The summed E-state index contributed by atoms with van der Waals surface area (Å²) in [4.78, 5) is 30.2. The fourth-order valence-corrected chi connectivity index (χ4v) is 13.8. The van der Waals surface area contributed by atoms with Gasteiger partial charge in [0.15, 0.2) is 0 Å². The van der Waals surface area contributed by atoms with Gasteiger partial charge in [-0.05, 0) is 53.5 Å². The number of likely N-dealkylation sites (N-methyl/N-ethyl adjacent to an activating group) is 1. The Balaban J connectivity index is 1.17. The number of nitrogens with zero attached hydrogens (tertiary/aromatic N) is 7. The summed E-state index contributed by atoms with van der Waals surface area (Å²) in [6.45, 7) is 13.0. The molecule has 3 aromatic carbocycles. The predicted octanol–water partition coefficient (Wildman–Crippen LogP) is 6.20. The largest absolute Gasteiger partial charge is 0.462 e. The standard InChI is InChI=1S/C45H52F3N7O3Si/c1-6-41(56)55-26-25-54(28-32(55)21-23-49)42-37-22-24-53(40-20-14-13-19-38(40)45(46,47)48)30-39(37)50-43(51-42)57-31-33-27-34(29-52(33)5)58-59(44(2,3)4,35-15-9-7-10-16-35)36-17-11-8-12-18-36/h6-20,32-34H,1,21-22,24-31H2,2-5H3/t32?,33-,34+/m0/s1. The number of hydrogen-bond acceptors (Lipinski definition) is 9. The molecule has 2 fully saturated rings. The van der Waals surface area contributed by atoms with Crippen molar-refractivity contribution in [3.63, 3.8) is 0 Å². The van der Waals surface area contributed by atoms with E-state index in [1.807, 2.05) is 12.1 Å². The summed E-state index contributed by atoms with van der Waals surface area (Å²) < 4.78 is 56.5. The number of ether oxygens (including phenoxy) is 1. The van der Waals surface area contributed by atoms with Crippen LogP contribution in [0.15, 0.2) is 97.6 Å². The summed E-state index contributed by atoms with van der Waals surface area (Å²) in [6, 6.07) is 28.7. The van der Waals surface area contributed by atoms with Gasteiger partial charge in [0.1, 0.15) is 12.4 Å². The van der Waals surface area contributed by atoms with Gasteiger partial charge in [-0.3, -0.25) is 9.69 Å². The smallest absolute Gasteiger partial charge is 0.418 e. The van der Waals surface area contributed by atoms with Crippen molar-refractivity contribution in [1.82, 2.24) is 19.8 Å². The van der Waals surface area contributed by atoms with Gasteiger partial charge in [-0.2, -0.15) is 28.4 Å². The van der Waals surface area contributed by atoms with E-state index in [2.05, 4.69) is 98.8 Å². The molecule has 1 unspecified atom stereocenters. The Hall–Kier alpha value is -5.23. The van der Waals surface area contributed by atoms with Crippen molar-refractivity contribution in [1.29, 1.82) is 5.26 Å². The highest BCUT2D eigenvalue weighted by Gasteiger charge is 2.52. The Morgan fingerprint density at radius 3 is 2.20 bits per heavy atom. The van der Waals surface area contributed by atoms with Crippen LogP contribution in [0.3, 0.4) is 0 Å².